The van der Waals surface area contributed by atoms with Gasteiger partial charge in [-0.15, -0.1) is 0 Å². The molecule has 3 fully saturated rings. The molecule has 9 heteroatoms. The average Bonchev–Trinajstić information content (AvgIpc) is 3.08. The quantitative estimate of drug-likeness (QED) is 0.482. The van der Waals surface area contributed by atoms with Crippen molar-refractivity contribution >= 4 is 23.8 Å². The van der Waals surface area contributed by atoms with Crippen LogP contribution in [-0.4, -0.2) is 83.4 Å². The molecule has 0 unspecified atom stereocenters. The molecule has 1 N–H and O–H groups in total. The van der Waals surface area contributed by atoms with Gasteiger partial charge in [-0.25, -0.2) is 4.79 Å². The molecule has 1 spiro atoms. The number of ether oxygens (including phenoxy) is 1. The maximum absolute atomic E-state index is 12.9. The number of rotatable bonds is 7. The number of benzene rings is 1. The number of urea groups is 1. The summed E-state index contributed by atoms with van der Waals surface area (Å²) >= 11 is 0. The Hall–Kier alpha value is -2.94. The summed E-state index contributed by atoms with van der Waals surface area (Å²) in [7, 11) is 0. The molecule has 1 saturated carbocycles. The maximum Gasteiger partial charge on any atom is 0.326 e. The Labute approximate surface area is 200 Å². The van der Waals surface area contributed by atoms with Crippen molar-refractivity contribution in [2.24, 2.45) is 5.92 Å². The number of amides is 4. The van der Waals surface area contributed by atoms with Crippen LogP contribution in [0.1, 0.15) is 44.6 Å². The van der Waals surface area contributed by atoms with Crippen LogP contribution < -0.4 is 5.32 Å². The van der Waals surface area contributed by atoms with E-state index in [9.17, 15) is 19.2 Å². The summed E-state index contributed by atoms with van der Waals surface area (Å²) in [5.74, 6) is -0.802. The standard InChI is InChI=1S/C25H34N4O5/c1-2-19-8-10-25(11-9-19)23(32)29(24(33)26-25)17-22(31)34-18-21(30)28-14-12-27(13-15-28)16-20-6-4-3-5-7-20/h3-7,19H,2,8-18H2,1H3,(H,26,33). The highest BCUT2D eigenvalue weighted by molar-refractivity contribution is 6.08. The predicted octanol–water partition coefficient (Wildman–Crippen LogP) is 1.76. The van der Waals surface area contributed by atoms with E-state index in [0.717, 1.165) is 43.8 Å². The van der Waals surface area contributed by atoms with Gasteiger partial charge in [-0.3, -0.25) is 24.2 Å². The predicted molar refractivity (Wildman–Crippen MR) is 124 cm³/mol. The lowest BCUT2D eigenvalue weighted by molar-refractivity contribution is -0.154. The molecule has 9 nitrogen and oxygen atoms in total. The number of piperazine rings is 1. The number of carbonyl (C=O) groups excluding carboxylic acids is 4. The Morgan fingerprint density at radius 3 is 2.38 bits per heavy atom. The summed E-state index contributed by atoms with van der Waals surface area (Å²) in [6, 6.07) is 9.63. The lowest BCUT2D eigenvalue weighted by Gasteiger charge is -2.34. The van der Waals surface area contributed by atoms with E-state index in [1.807, 2.05) is 18.2 Å². The lowest BCUT2D eigenvalue weighted by atomic mass is 9.75. The van der Waals surface area contributed by atoms with Gasteiger partial charge in [-0.1, -0.05) is 43.7 Å². The zero-order valence-corrected chi connectivity index (χ0v) is 19.8. The van der Waals surface area contributed by atoms with Gasteiger partial charge in [0.15, 0.2) is 6.61 Å². The fraction of sp³-hybridized carbons (Fsp3) is 0.600. The van der Waals surface area contributed by atoms with Crippen LogP contribution >= 0.6 is 0 Å². The van der Waals surface area contributed by atoms with Crippen molar-refractivity contribution in [2.75, 3.05) is 39.3 Å². The fourth-order valence-corrected chi connectivity index (χ4v) is 5.14. The van der Waals surface area contributed by atoms with E-state index >= 15 is 0 Å². The minimum Gasteiger partial charge on any atom is -0.454 e. The van der Waals surface area contributed by atoms with Crippen molar-refractivity contribution < 1.29 is 23.9 Å². The molecule has 1 aromatic carbocycles. The summed E-state index contributed by atoms with van der Waals surface area (Å²) in [6.07, 6.45) is 4.01. The third-order valence-corrected chi connectivity index (χ3v) is 7.40. The number of esters is 1. The van der Waals surface area contributed by atoms with E-state index in [4.69, 9.17) is 4.74 Å². The Balaban J connectivity index is 1.19. The Kier molecular flexibility index (Phi) is 7.50. The van der Waals surface area contributed by atoms with Gasteiger partial charge in [0.05, 0.1) is 0 Å². The summed E-state index contributed by atoms with van der Waals surface area (Å²) < 4.78 is 5.13. The highest BCUT2D eigenvalue weighted by atomic mass is 16.5. The van der Waals surface area contributed by atoms with Gasteiger partial charge in [0.1, 0.15) is 12.1 Å². The molecule has 2 aliphatic heterocycles. The van der Waals surface area contributed by atoms with Crippen LogP contribution in [0.25, 0.3) is 0 Å². The molecule has 4 amide bonds. The minimum absolute atomic E-state index is 0.265. The molecular formula is C25H34N4O5. The number of carbonyl (C=O) groups is 4. The number of hydrogen-bond donors (Lipinski definition) is 1. The summed E-state index contributed by atoms with van der Waals surface area (Å²) in [5, 5.41) is 2.81. The van der Waals surface area contributed by atoms with Crippen molar-refractivity contribution in [2.45, 2.75) is 51.1 Å². The third-order valence-electron chi connectivity index (χ3n) is 7.40. The maximum atomic E-state index is 12.9. The lowest BCUT2D eigenvalue weighted by Crippen LogP contribution is -2.50. The zero-order valence-electron chi connectivity index (χ0n) is 19.8. The molecule has 1 aliphatic carbocycles. The fourth-order valence-electron chi connectivity index (χ4n) is 5.14. The van der Waals surface area contributed by atoms with E-state index in [0.29, 0.717) is 31.8 Å². The first-order valence-electron chi connectivity index (χ1n) is 12.2. The average molecular weight is 471 g/mol. The molecule has 184 valence electrons. The van der Waals surface area contributed by atoms with Gasteiger partial charge in [0.25, 0.3) is 11.8 Å². The van der Waals surface area contributed by atoms with E-state index in [2.05, 4.69) is 29.3 Å². The second-order valence-electron chi connectivity index (χ2n) is 9.56. The van der Waals surface area contributed by atoms with Gasteiger partial charge >= 0.3 is 12.0 Å². The first-order chi connectivity index (χ1) is 16.4. The third kappa shape index (κ3) is 5.41. The van der Waals surface area contributed by atoms with Crippen molar-refractivity contribution in [3.63, 3.8) is 0 Å². The summed E-state index contributed by atoms with van der Waals surface area (Å²) in [4.78, 5) is 55.1. The first-order valence-corrected chi connectivity index (χ1v) is 12.2. The van der Waals surface area contributed by atoms with Crippen molar-refractivity contribution in [3.05, 3.63) is 35.9 Å². The van der Waals surface area contributed by atoms with Gasteiger partial charge in [0.2, 0.25) is 0 Å². The largest absolute Gasteiger partial charge is 0.454 e. The minimum atomic E-state index is -0.891. The van der Waals surface area contributed by atoms with Crippen LogP contribution in [0.3, 0.4) is 0 Å². The van der Waals surface area contributed by atoms with Gasteiger partial charge in [-0.2, -0.15) is 0 Å². The van der Waals surface area contributed by atoms with Crippen LogP contribution in [0.2, 0.25) is 0 Å². The molecule has 0 bridgehead atoms. The molecule has 2 heterocycles. The second-order valence-corrected chi connectivity index (χ2v) is 9.56. The number of hydrogen-bond acceptors (Lipinski definition) is 6. The van der Waals surface area contributed by atoms with Crippen LogP contribution in [0.5, 0.6) is 0 Å². The zero-order chi connectivity index (χ0) is 24.1. The van der Waals surface area contributed by atoms with Crippen molar-refractivity contribution in [3.8, 4) is 0 Å². The molecule has 2 saturated heterocycles. The van der Waals surface area contributed by atoms with Crippen LogP contribution in [0, 0.1) is 5.92 Å². The highest BCUT2D eigenvalue weighted by Gasteiger charge is 2.52. The Morgan fingerprint density at radius 1 is 1.06 bits per heavy atom. The normalized spacial score (nSPS) is 25.5. The molecular weight excluding hydrogens is 436 g/mol. The van der Waals surface area contributed by atoms with Crippen LogP contribution in [0.4, 0.5) is 4.79 Å². The van der Waals surface area contributed by atoms with E-state index in [1.165, 1.54) is 5.56 Å². The summed E-state index contributed by atoms with van der Waals surface area (Å²) in [6.45, 7) is 4.74. The summed E-state index contributed by atoms with van der Waals surface area (Å²) in [5.41, 5.74) is 0.343. The molecule has 3 aliphatic rings. The van der Waals surface area contributed by atoms with E-state index in [1.54, 1.807) is 4.90 Å². The van der Waals surface area contributed by atoms with Crippen LogP contribution in [-0.2, 0) is 25.7 Å². The topological polar surface area (TPSA) is 99.3 Å². The molecule has 0 aromatic heterocycles. The molecule has 0 atom stereocenters. The molecule has 4 rings (SSSR count). The SMILES string of the molecule is CCC1CCC2(CC1)NC(=O)N(CC(=O)OCC(=O)N1CCN(Cc3ccccc3)CC1)C2=O. The smallest absolute Gasteiger partial charge is 0.326 e. The highest BCUT2D eigenvalue weighted by Crippen LogP contribution is 2.37. The van der Waals surface area contributed by atoms with Gasteiger partial charge in [-0.05, 0) is 37.2 Å². The number of imide groups is 1. The molecule has 34 heavy (non-hydrogen) atoms. The van der Waals surface area contributed by atoms with Crippen molar-refractivity contribution in [1.82, 2.24) is 20.0 Å². The first kappa shape index (κ1) is 24.2. The van der Waals surface area contributed by atoms with Crippen molar-refractivity contribution in [1.29, 1.82) is 0 Å². The van der Waals surface area contributed by atoms with Gasteiger partial charge < -0.3 is 15.0 Å². The van der Waals surface area contributed by atoms with Crippen LogP contribution in [0.15, 0.2) is 30.3 Å². The van der Waals surface area contributed by atoms with E-state index < -0.39 is 24.1 Å². The number of nitrogens with one attached hydrogen (secondary N) is 1. The Morgan fingerprint density at radius 2 is 1.74 bits per heavy atom. The van der Waals surface area contributed by atoms with E-state index in [-0.39, 0.29) is 18.4 Å². The second kappa shape index (κ2) is 10.5. The number of nitrogens with zero attached hydrogens (tertiary/aromatic N) is 3. The Bertz CT molecular complexity index is 905. The monoisotopic (exact) mass is 470 g/mol. The van der Waals surface area contributed by atoms with Gasteiger partial charge in [0, 0.05) is 32.7 Å². The molecule has 1 aromatic rings. The molecule has 0 radical (unpaired) electrons.